The van der Waals surface area contributed by atoms with Crippen LogP contribution in [0.25, 0.3) is 0 Å². The summed E-state index contributed by atoms with van der Waals surface area (Å²) >= 11 is 3.95. The molecule has 1 unspecified atom stereocenters. The zero-order valence-corrected chi connectivity index (χ0v) is 8.72. The maximum Gasteiger partial charge on any atom is 0.221 e. The summed E-state index contributed by atoms with van der Waals surface area (Å²) in [6.07, 6.45) is 0.918. The van der Waals surface area contributed by atoms with Gasteiger partial charge in [0.1, 0.15) is 0 Å². The molecule has 0 spiro atoms. The number of aliphatic hydroxyl groups excluding tert-OH is 1. The van der Waals surface area contributed by atoms with Crippen molar-refractivity contribution < 1.29 is 14.6 Å². The predicted octanol–water partition coefficient (Wildman–Crippen LogP) is -0.180. The van der Waals surface area contributed by atoms with Crippen LogP contribution in [-0.2, 0) is 9.53 Å². The van der Waals surface area contributed by atoms with Gasteiger partial charge in [0, 0.05) is 20.1 Å². The predicted molar refractivity (Wildman–Crippen MR) is 54.0 cm³/mol. The average molecular weight is 207 g/mol. The van der Waals surface area contributed by atoms with E-state index in [1.807, 2.05) is 0 Å². The Morgan fingerprint density at radius 2 is 2.38 bits per heavy atom. The van der Waals surface area contributed by atoms with Crippen molar-refractivity contribution >= 4 is 18.5 Å². The van der Waals surface area contributed by atoms with Gasteiger partial charge in [-0.25, -0.2) is 0 Å². The highest BCUT2D eigenvalue weighted by atomic mass is 32.1. The Morgan fingerprint density at radius 3 is 2.85 bits per heavy atom. The highest BCUT2D eigenvalue weighted by Gasteiger charge is 2.10. The molecule has 0 fully saturated rings. The molecule has 0 aliphatic carbocycles. The number of thiol groups is 1. The van der Waals surface area contributed by atoms with Crippen molar-refractivity contribution in [2.75, 3.05) is 26.1 Å². The molecule has 1 amide bonds. The molecule has 5 heteroatoms. The van der Waals surface area contributed by atoms with Crippen LogP contribution in [-0.4, -0.2) is 43.1 Å². The number of hydrogen-bond acceptors (Lipinski definition) is 4. The highest BCUT2D eigenvalue weighted by molar-refractivity contribution is 7.80. The number of carbonyl (C=O) groups is 1. The summed E-state index contributed by atoms with van der Waals surface area (Å²) in [6.45, 7) is 0.480. The summed E-state index contributed by atoms with van der Waals surface area (Å²) in [7, 11) is 1.56. The van der Waals surface area contributed by atoms with Crippen molar-refractivity contribution in [3.05, 3.63) is 0 Å². The maximum atomic E-state index is 11.1. The minimum Gasteiger partial charge on any atom is -0.396 e. The first-order valence-corrected chi connectivity index (χ1v) is 4.87. The lowest BCUT2D eigenvalue weighted by Gasteiger charge is -2.16. The molecule has 0 aromatic carbocycles. The van der Waals surface area contributed by atoms with Gasteiger partial charge in [-0.3, -0.25) is 4.79 Å². The molecule has 0 aliphatic rings. The molecule has 0 saturated carbocycles. The molecule has 0 saturated heterocycles. The second kappa shape index (κ2) is 8.34. The number of amides is 1. The molecule has 0 heterocycles. The number of aliphatic hydroxyl groups is 1. The Bertz CT molecular complexity index is 137. The first-order chi connectivity index (χ1) is 6.24. The van der Waals surface area contributed by atoms with Gasteiger partial charge in [-0.15, -0.1) is 0 Å². The summed E-state index contributed by atoms with van der Waals surface area (Å²) in [5, 5.41) is 11.4. The van der Waals surface area contributed by atoms with E-state index < -0.39 is 0 Å². The van der Waals surface area contributed by atoms with Crippen molar-refractivity contribution in [1.29, 1.82) is 0 Å². The Kier molecular flexibility index (Phi) is 8.18. The number of ether oxygens (including phenoxy) is 1. The van der Waals surface area contributed by atoms with Crippen molar-refractivity contribution in [2.45, 2.75) is 18.9 Å². The molecule has 0 bridgehead atoms. The molecule has 2 N–H and O–H groups in total. The fourth-order valence-electron chi connectivity index (χ4n) is 0.956. The first-order valence-electron chi connectivity index (χ1n) is 4.24. The number of nitrogens with one attached hydrogen (secondary N) is 1. The Morgan fingerprint density at radius 1 is 1.69 bits per heavy atom. The third-order valence-electron chi connectivity index (χ3n) is 1.55. The molecular formula is C8H17NO3S. The van der Waals surface area contributed by atoms with Gasteiger partial charge in [-0.05, 0) is 12.2 Å². The number of carbonyl (C=O) groups excluding carboxylic acids is 1. The van der Waals surface area contributed by atoms with Gasteiger partial charge in [0.25, 0.3) is 0 Å². The lowest BCUT2D eigenvalue weighted by Crippen LogP contribution is -2.38. The van der Waals surface area contributed by atoms with E-state index in [9.17, 15) is 4.79 Å². The molecule has 13 heavy (non-hydrogen) atoms. The van der Waals surface area contributed by atoms with Crippen LogP contribution in [0.3, 0.4) is 0 Å². The molecule has 0 aromatic rings. The third kappa shape index (κ3) is 6.86. The fraction of sp³-hybridized carbons (Fsp3) is 0.875. The minimum absolute atomic E-state index is 0.0505. The Hall–Kier alpha value is -0.260. The van der Waals surface area contributed by atoms with Crippen LogP contribution >= 0.6 is 12.6 Å². The van der Waals surface area contributed by atoms with Gasteiger partial charge in [-0.1, -0.05) is 0 Å². The second-order valence-electron chi connectivity index (χ2n) is 2.71. The smallest absolute Gasteiger partial charge is 0.221 e. The van der Waals surface area contributed by atoms with Gasteiger partial charge in [0.15, 0.2) is 0 Å². The van der Waals surface area contributed by atoms with Gasteiger partial charge in [0.05, 0.1) is 12.6 Å². The minimum atomic E-state index is -0.0950. The van der Waals surface area contributed by atoms with Gasteiger partial charge < -0.3 is 15.2 Å². The SMILES string of the molecule is COCC(CCO)NC(=O)CCS. The van der Waals surface area contributed by atoms with Crippen LogP contribution in [0.1, 0.15) is 12.8 Å². The van der Waals surface area contributed by atoms with Crippen molar-refractivity contribution in [3.8, 4) is 0 Å². The lowest BCUT2D eigenvalue weighted by molar-refractivity contribution is -0.121. The molecule has 4 nitrogen and oxygen atoms in total. The second-order valence-corrected chi connectivity index (χ2v) is 3.15. The van der Waals surface area contributed by atoms with Gasteiger partial charge in [-0.2, -0.15) is 12.6 Å². The van der Waals surface area contributed by atoms with Gasteiger partial charge in [0.2, 0.25) is 5.91 Å². The Balaban J connectivity index is 3.71. The van der Waals surface area contributed by atoms with E-state index in [4.69, 9.17) is 9.84 Å². The molecule has 1 atom stereocenters. The van der Waals surface area contributed by atoms with Gasteiger partial charge >= 0.3 is 0 Å². The summed E-state index contributed by atoms with van der Waals surface area (Å²) in [6, 6.07) is -0.0950. The average Bonchev–Trinajstić information content (AvgIpc) is 2.05. The lowest BCUT2D eigenvalue weighted by atomic mass is 10.2. The van der Waals surface area contributed by atoms with E-state index in [2.05, 4.69) is 17.9 Å². The van der Waals surface area contributed by atoms with Crippen molar-refractivity contribution in [3.63, 3.8) is 0 Å². The third-order valence-corrected chi connectivity index (χ3v) is 1.77. The molecule has 0 radical (unpaired) electrons. The van der Waals surface area contributed by atoms with Crippen LogP contribution in [0.4, 0.5) is 0 Å². The van der Waals surface area contributed by atoms with E-state index in [0.717, 1.165) is 0 Å². The normalized spacial score (nSPS) is 12.5. The quantitative estimate of drug-likeness (QED) is 0.508. The molecule has 0 rings (SSSR count). The van der Waals surface area contributed by atoms with Crippen LogP contribution in [0.2, 0.25) is 0 Å². The molecular weight excluding hydrogens is 190 g/mol. The van der Waals surface area contributed by atoms with Crippen LogP contribution in [0, 0.1) is 0 Å². The highest BCUT2D eigenvalue weighted by Crippen LogP contribution is 1.93. The fourth-order valence-corrected chi connectivity index (χ4v) is 1.16. The maximum absolute atomic E-state index is 11.1. The number of hydrogen-bond donors (Lipinski definition) is 3. The zero-order chi connectivity index (χ0) is 10.1. The molecule has 78 valence electrons. The van der Waals surface area contributed by atoms with E-state index in [1.54, 1.807) is 7.11 Å². The van der Waals surface area contributed by atoms with Crippen LogP contribution in [0.15, 0.2) is 0 Å². The van der Waals surface area contributed by atoms with E-state index in [1.165, 1.54) is 0 Å². The Labute approximate surface area is 84.1 Å². The van der Waals surface area contributed by atoms with E-state index in [0.29, 0.717) is 25.2 Å². The van der Waals surface area contributed by atoms with Crippen molar-refractivity contribution in [2.24, 2.45) is 0 Å². The summed E-state index contributed by atoms with van der Waals surface area (Å²) in [5.41, 5.74) is 0. The largest absolute Gasteiger partial charge is 0.396 e. The van der Waals surface area contributed by atoms with Crippen LogP contribution < -0.4 is 5.32 Å². The van der Waals surface area contributed by atoms with E-state index in [-0.39, 0.29) is 18.6 Å². The summed E-state index contributed by atoms with van der Waals surface area (Å²) in [4.78, 5) is 11.1. The first kappa shape index (κ1) is 12.7. The topological polar surface area (TPSA) is 58.6 Å². The summed E-state index contributed by atoms with van der Waals surface area (Å²) < 4.78 is 4.89. The standard InChI is InChI=1S/C8H17NO3S/c1-12-6-7(2-4-10)9-8(11)3-5-13/h7,10,13H,2-6H2,1H3,(H,9,11). The zero-order valence-electron chi connectivity index (χ0n) is 7.82. The molecule has 0 aliphatic heterocycles. The van der Waals surface area contributed by atoms with Crippen LogP contribution in [0.5, 0.6) is 0 Å². The number of methoxy groups -OCH3 is 1. The monoisotopic (exact) mass is 207 g/mol. The molecule has 0 aromatic heterocycles. The number of rotatable bonds is 7. The summed E-state index contributed by atoms with van der Waals surface area (Å²) in [5.74, 6) is 0.482. The van der Waals surface area contributed by atoms with E-state index >= 15 is 0 Å². The van der Waals surface area contributed by atoms with Crippen molar-refractivity contribution in [1.82, 2.24) is 5.32 Å².